The fraction of sp³-hybridized carbons (Fsp3) is 0.355. The van der Waals surface area contributed by atoms with E-state index in [1.807, 2.05) is 0 Å². The summed E-state index contributed by atoms with van der Waals surface area (Å²) in [5.41, 5.74) is 7.63. The van der Waals surface area contributed by atoms with Crippen molar-refractivity contribution in [2.45, 2.75) is 30.1 Å². The first-order valence-electron chi connectivity index (χ1n) is 13.0. The maximum Gasteiger partial charge on any atom is 0.319 e. The van der Waals surface area contributed by atoms with Crippen LogP contribution in [0.1, 0.15) is 63.6 Å². The van der Waals surface area contributed by atoms with E-state index >= 15 is 0 Å². The molecule has 6 atom stereocenters. The van der Waals surface area contributed by atoms with Crippen molar-refractivity contribution in [3.63, 3.8) is 0 Å². The van der Waals surface area contributed by atoms with Gasteiger partial charge in [0.25, 0.3) is 0 Å². The summed E-state index contributed by atoms with van der Waals surface area (Å²) < 4.78 is 23.8. The van der Waals surface area contributed by atoms with E-state index in [2.05, 4.69) is 53.5 Å². The molecule has 1 heterocycles. The zero-order valence-electron chi connectivity index (χ0n) is 21.3. The molecule has 0 saturated heterocycles. The molecular weight excluding hydrogens is 464 g/mol. The summed E-state index contributed by atoms with van der Waals surface area (Å²) >= 11 is 0. The maximum absolute atomic E-state index is 6.17. The van der Waals surface area contributed by atoms with Crippen molar-refractivity contribution >= 4 is 10.8 Å². The minimum atomic E-state index is 0.150. The molecule has 1 saturated carbocycles. The molecule has 1 fully saturated rings. The van der Waals surface area contributed by atoms with Crippen LogP contribution < -0.4 is 18.9 Å². The van der Waals surface area contributed by atoms with Gasteiger partial charge in [-0.1, -0.05) is 48.5 Å². The van der Waals surface area contributed by atoms with Gasteiger partial charge in [0.15, 0.2) is 0 Å². The Labute approximate surface area is 215 Å². The second-order valence-electron chi connectivity index (χ2n) is 10.6. The average molecular weight is 493 g/mol. The van der Waals surface area contributed by atoms with Crippen LogP contribution in [0.4, 0.5) is 0 Å². The highest BCUT2D eigenvalue weighted by Gasteiger charge is 2.64. The Morgan fingerprint density at radius 1 is 0.622 bits per heavy atom. The van der Waals surface area contributed by atoms with Crippen LogP contribution in [0.3, 0.4) is 0 Å². The molecule has 0 amide bonds. The van der Waals surface area contributed by atoms with Gasteiger partial charge in [0.1, 0.15) is 11.5 Å². The van der Waals surface area contributed by atoms with Gasteiger partial charge in [0.2, 0.25) is 5.88 Å². The number of hydrogen-bond donors (Lipinski definition) is 0. The van der Waals surface area contributed by atoms with E-state index in [1.54, 1.807) is 28.4 Å². The van der Waals surface area contributed by atoms with E-state index in [0.717, 1.165) is 39.9 Å². The monoisotopic (exact) mass is 492 g/mol. The Morgan fingerprint density at radius 3 is 1.76 bits per heavy atom. The highest BCUT2D eigenvalue weighted by molar-refractivity contribution is 5.97. The summed E-state index contributed by atoms with van der Waals surface area (Å²) in [6.07, 6.45) is 1.09. The lowest BCUT2D eigenvalue weighted by atomic mass is 9.51. The zero-order valence-corrected chi connectivity index (χ0v) is 21.3. The predicted molar refractivity (Wildman–Crippen MR) is 139 cm³/mol. The standard InChI is InChI=1S/C31H28N2O4/c1-34-28-16-11-7-8-12-17(16)29(35-2)25-19-13-18(24(25)28)21-20-14-9-5-6-10-15(14)23(22(19)21)27-26(20)30(36-3)33-31(32-27)37-4/h5-12,18-23H,13H2,1-4H3/t18-,19+,20+,21-,22-,23-/m0/s1. The lowest BCUT2D eigenvalue weighted by Gasteiger charge is -2.52. The number of benzene rings is 3. The largest absolute Gasteiger partial charge is 0.496 e. The summed E-state index contributed by atoms with van der Waals surface area (Å²) in [7, 11) is 6.93. The van der Waals surface area contributed by atoms with Crippen LogP contribution in [0, 0.1) is 11.8 Å². The second kappa shape index (κ2) is 7.37. The van der Waals surface area contributed by atoms with Gasteiger partial charge in [0, 0.05) is 39.3 Å². The summed E-state index contributed by atoms with van der Waals surface area (Å²) in [5, 5.41) is 2.24. The summed E-state index contributed by atoms with van der Waals surface area (Å²) in [6, 6.07) is 17.7. The van der Waals surface area contributed by atoms with Crippen LogP contribution >= 0.6 is 0 Å². The van der Waals surface area contributed by atoms with Gasteiger partial charge >= 0.3 is 6.01 Å². The minimum absolute atomic E-state index is 0.150. The molecule has 0 spiro atoms. The van der Waals surface area contributed by atoms with Gasteiger partial charge in [-0.25, -0.2) is 0 Å². The first-order chi connectivity index (χ1) is 18.2. The van der Waals surface area contributed by atoms with Gasteiger partial charge in [-0.05, 0) is 41.2 Å². The first-order valence-corrected chi connectivity index (χ1v) is 13.0. The van der Waals surface area contributed by atoms with E-state index in [9.17, 15) is 0 Å². The van der Waals surface area contributed by atoms with Crippen molar-refractivity contribution in [3.8, 4) is 23.4 Å². The Hall–Kier alpha value is -3.80. The molecule has 0 aliphatic heterocycles. The van der Waals surface area contributed by atoms with Crippen LogP contribution in [0.2, 0.25) is 0 Å². The summed E-state index contributed by atoms with van der Waals surface area (Å²) in [4.78, 5) is 9.62. The topological polar surface area (TPSA) is 62.7 Å². The molecule has 4 aromatic rings. The van der Waals surface area contributed by atoms with Crippen LogP contribution in [0.25, 0.3) is 10.8 Å². The van der Waals surface area contributed by atoms with Crippen LogP contribution in [-0.2, 0) is 0 Å². The third-order valence-electron chi connectivity index (χ3n) is 9.56. The average Bonchev–Trinajstić information content (AvgIpc) is 3.53. The molecule has 3 aromatic carbocycles. The van der Waals surface area contributed by atoms with Crippen molar-refractivity contribution in [1.82, 2.24) is 9.97 Å². The number of methoxy groups -OCH3 is 4. The third-order valence-corrected chi connectivity index (χ3v) is 9.56. The van der Waals surface area contributed by atoms with Gasteiger partial charge in [-0.15, -0.1) is 0 Å². The highest BCUT2D eigenvalue weighted by atomic mass is 16.5. The second-order valence-corrected chi connectivity index (χ2v) is 10.6. The van der Waals surface area contributed by atoms with Crippen molar-refractivity contribution in [2.24, 2.45) is 11.8 Å². The van der Waals surface area contributed by atoms with Crippen molar-refractivity contribution < 1.29 is 18.9 Å². The number of hydrogen-bond acceptors (Lipinski definition) is 6. The number of ether oxygens (including phenoxy) is 4. The molecule has 6 nitrogen and oxygen atoms in total. The predicted octanol–water partition coefficient (Wildman–Crippen LogP) is 5.77. The number of nitrogens with zero attached hydrogens (tertiary/aromatic N) is 2. The number of fused-ring (bicyclic) bond motifs is 6. The zero-order chi connectivity index (χ0) is 25.0. The van der Waals surface area contributed by atoms with E-state index in [4.69, 9.17) is 23.9 Å². The van der Waals surface area contributed by atoms with E-state index in [-0.39, 0.29) is 11.8 Å². The molecule has 0 radical (unpaired) electrons. The fourth-order valence-electron chi connectivity index (χ4n) is 8.63. The van der Waals surface area contributed by atoms with Crippen LogP contribution in [0.15, 0.2) is 48.5 Å². The van der Waals surface area contributed by atoms with Crippen LogP contribution in [-0.4, -0.2) is 38.4 Å². The molecule has 1 aromatic heterocycles. The number of aromatic nitrogens is 2. The summed E-state index contributed by atoms with van der Waals surface area (Å²) in [6.45, 7) is 0. The Morgan fingerprint density at radius 2 is 1.19 bits per heavy atom. The van der Waals surface area contributed by atoms with Gasteiger partial charge in [0.05, 0.1) is 34.1 Å². The quantitative estimate of drug-likeness (QED) is 0.360. The fourth-order valence-corrected chi connectivity index (χ4v) is 8.63. The third kappa shape index (κ3) is 2.42. The normalized spacial score (nSPS) is 27.4. The smallest absolute Gasteiger partial charge is 0.319 e. The molecule has 186 valence electrons. The molecule has 5 aliphatic carbocycles. The Balaban J connectivity index is 1.44. The molecule has 6 heteroatoms. The lowest BCUT2D eigenvalue weighted by molar-refractivity contribution is 0.209. The molecule has 9 rings (SSSR count). The highest BCUT2D eigenvalue weighted by Crippen LogP contribution is 2.76. The first kappa shape index (κ1) is 21.3. The van der Waals surface area contributed by atoms with Crippen LogP contribution in [0.5, 0.6) is 23.4 Å². The van der Waals surface area contributed by atoms with E-state index in [1.165, 1.54) is 22.3 Å². The molecule has 4 bridgehead atoms. The summed E-state index contributed by atoms with van der Waals surface area (Å²) in [5.74, 6) is 4.50. The minimum Gasteiger partial charge on any atom is -0.496 e. The van der Waals surface area contributed by atoms with E-state index in [0.29, 0.717) is 35.6 Å². The molecular formula is C31H28N2O4. The molecule has 37 heavy (non-hydrogen) atoms. The van der Waals surface area contributed by atoms with Gasteiger partial charge in [-0.2, -0.15) is 9.97 Å². The van der Waals surface area contributed by atoms with Crippen molar-refractivity contribution in [2.75, 3.05) is 28.4 Å². The Kier molecular flexibility index (Phi) is 4.24. The molecule has 5 aliphatic rings. The number of rotatable bonds is 4. The molecule has 0 N–H and O–H groups in total. The van der Waals surface area contributed by atoms with E-state index < -0.39 is 0 Å². The maximum atomic E-state index is 6.17. The molecule has 0 unspecified atom stereocenters. The van der Waals surface area contributed by atoms with Gasteiger partial charge < -0.3 is 18.9 Å². The SMILES string of the molecule is COc1nc(OC)c2c(n1)[C@H]1c3ccccc3[C@@H]2[C@H]2[C@@H]1[C@H]1C[C@@H]2c2c1c(OC)c1ccccc1c2OC. The Bertz CT molecular complexity index is 1620. The lowest BCUT2D eigenvalue weighted by Crippen LogP contribution is -2.43. The van der Waals surface area contributed by atoms with Gasteiger partial charge in [-0.3, -0.25) is 0 Å². The van der Waals surface area contributed by atoms with Crippen molar-refractivity contribution in [1.29, 1.82) is 0 Å². The van der Waals surface area contributed by atoms with Crippen molar-refractivity contribution in [3.05, 3.63) is 82.0 Å².